The molecular formula is C21H16N2O5. The molecule has 1 aliphatic carbocycles. The zero-order chi connectivity index (χ0) is 19.3. The number of carbonyl (C=O) groups is 1. The highest BCUT2D eigenvalue weighted by Gasteiger charge is 2.41. The smallest absolute Gasteiger partial charge is 0.231 e. The third kappa shape index (κ3) is 2.46. The predicted molar refractivity (Wildman–Crippen MR) is 95.9 cm³/mol. The summed E-state index contributed by atoms with van der Waals surface area (Å²) >= 11 is 0. The second-order valence-corrected chi connectivity index (χ2v) is 6.92. The van der Waals surface area contributed by atoms with Gasteiger partial charge in [-0.05, 0) is 29.8 Å². The molecule has 0 amide bonds. The Morgan fingerprint density at radius 1 is 1.14 bits per heavy atom. The summed E-state index contributed by atoms with van der Waals surface area (Å²) in [4.78, 5) is 13.1. The Kier molecular flexibility index (Phi) is 3.66. The first kappa shape index (κ1) is 16.5. The van der Waals surface area contributed by atoms with Gasteiger partial charge in [-0.2, -0.15) is 5.26 Å². The van der Waals surface area contributed by atoms with Crippen LogP contribution >= 0.6 is 0 Å². The van der Waals surface area contributed by atoms with Gasteiger partial charge in [0.1, 0.15) is 23.2 Å². The maximum atomic E-state index is 13.1. The minimum atomic E-state index is -0.590. The molecule has 1 aromatic carbocycles. The lowest BCUT2D eigenvalue weighted by atomic mass is 9.74. The number of allylic oxidation sites excluding steroid dienone is 3. The van der Waals surface area contributed by atoms with Gasteiger partial charge in [0.2, 0.25) is 12.7 Å². The number of furan rings is 1. The SMILES string of the molecule is N#CC1=C(N)OC2=C(C(=O)C[C@H](c3ccco3)C2)[C@H]1c1ccc2c(c1)OCO2. The Hall–Kier alpha value is -3.66. The number of Topliss-reactive ketones (excluding diaryl/α,β-unsaturated/α-hetero) is 1. The molecule has 1 aromatic heterocycles. The first-order chi connectivity index (χ1) is 13.7. The van der Waals surface area contributed by atoms with E-state index in [0.29, 0.717) is 29.3 Å². The first-order valence-electron chi connectivity index (χ1n) is 8.92. The van der Waals surface area contributed by atoms with Crippen molar-refractivity contribution in [2.45, 2.75) is 24.7 Å². The monoisotopic (exact) mass is 376 g/mol. The average Bonchev–Trinajstić information content (AvgIpc) is 3.38. The van der Waals surface area contributed by atoms with Crippen molar-refractivity contribution in [1.29, 1.82) is 5.26 Å². The van der Waals surface area contributed by atoms with Gasteiger partial charge in [-0.15, -0.1) is 0 Å². The molecule has 7 nitrogen and oxygen atoms in total. The van der Waals surface area contributed by atoms with E-state index in [1.165, 1.54) is 0 Å². The molecule has 5 rings (SSSR count). The maximum Gasteiger partial charge on any atom is 0.231 e. The van der Waals surface area contributed by atoms with Gasteiger partial charge in [0, 0.05) is 24.3 Å². The van der Waals surface area contributed by atoms with Crippen LogP contribution in [0.5, 0.6) is 11.5 Å². The summed E-state index contributed by atoms with van der Waals surface area (Å²) in [6.07, 6.45) is 2.35. The number of nitrogens with two attached hydrogens (primary N) is 1. The van der Waals surface area contributed by atoms with Crippen LogP contribution in [0.3, 0.4) is 0 Å². The van der Waals surface area contributed by atoms with Crippen molar-refractivity contribution < 1.29 is 23.4 Å². The van der Waals surface area contributed by atoms with E-state index in [1.807, 2.05) is 12.1 Å². The molecule has 0 fully saturated rings. The fraction of sp³-hybridized carbons (Fsp3) is 0.238. The molecule has 0 unspecified atom stereocenters. The van der Waals surface area contributed by atoms with Crippen LogP contribution in [0, 0.1) is 11.3 Å². The summed E-state index contributed by atoms with van der Waals surface area (Å²) in [6, 6.07) is 11.1. The van der Waals surface area contributed by atoms with Crippen LogP contribution in [-0.2, 0) is 9.53 Å². The van der Waals surface area contributed by atoms with Gasteiger partial charge >= 0.3 is 0 Å². The van der Waals surface area contributed by atoms with Crippen LogP contribution < -0.4 is 15.2 Å². The minimum Gasteiger partial charge on any atom is -0.469 e. The molecule has 3 heterocycles. The van der Waals surface area contributed by atoms with E-state index in [1.54, 1.807) is 24.5 Å². The molecule has 2 aromatic rings. The van der Waals surface area contributed by atoms with Crippen molar-refractivity contribution in [3.8, 4) is 17.6 Å². The van der Waals surface area contributed by atoms with Gasteiger partial charge in [-0.25, -0.2) is 0 Å². The van der Waals surface area contributed by atoms with Crippen molar-refractivity contribution in [2.75, 3.05) is 6.79 Å². The summed E-state index contributed by atoms with van der Waals surface area (Å²) in [6.45, 7) is 0.146. The second-order valence-electron chi connectivity index (χ2n) is 6.92. The van der Waals surface area contributed by atoms with E-state index in [4.69, 9.17) is 24.4 Å². The number of rotatable bonds is 2. The number of benzene rings is 1. The van der Waals surface area contributed by atoms with Crippen LogP contribution in [0.2, 0.25) is 0 Å². The van der Waals surface area contributed by atoms with Crippen molar-refractivity contribution in [3.05, 3.63) is 70.7 Å². The Bertz CT molecular complexity index is 1070. The first-order valence-corrected chi connectivity index (χ1v) is 8.92. The van der Waals surface area contributed by atoms with Crippen molar-refractivity contribution in [3.63, 3.8) is 0 Å². The Balaban J connectivity index is 1.60. The highest BCUT2D eigenvalue weighted by atomic mass is 16.7. The molecule has 2 N–H and O–H groups in total. The Morgan fingerprint density at radius 2 is 2.00 bits per heavy atom. The summed E-state index contributed by atoms with van der Waals surface area (Å²) in [5, 5.41) is 9.69. The van der Waals surface area contributed by atoms with Gasteiger partial charge in [0.15, 0.2) is 17.3 Å². The van der Waals surface area contributed by atoms with Crippen LogP contribution in [0.15, 0.2) is 63.8 Å². The minimum absolute atomic E-state index is 0.0248. The van der Waals surface area contributed by atoms with Gasteiger partial charge in [-0.1, -0.05) is 6.07 Å². The lowest BCUT2D eigenvalue weighted by Crippen LogP contribution is -2.29. The Morgan fingerprint density at radius 3 is 2.79 bits per heavy atom. The maximum absolute atomic E-state index is 13.1. The molecule has 0 bridgehead atoms. The number of ether oxygens (including phenoxy) is 3. The number of hydrogen-bond donors (Lipinski definition) is 1. The van der Waals surface area contributed by atoms with E-state index in [0.717, 1.165) is 11.3 Å². The quantitative estimate of drug-likeness (QED) is 0.857. The number of nitriles is 1. The third-order valence-electron chi connectivity index (χ3n) is 5.34. The third-order valence-corrected chi connectivity index (χ3v) is 5.34. The molecule has 0 radical (unpaired) electrons. The highest BCUT2D eigenvalue weighted by Crippen LogP contribution is 2.48. The molecule has 0 saturated carbocycles. The lowest BCUT2D eigenvalue weighted by Gasteiger charge is -2.33. The molecule has 7 heteroatoms. The van der Waals surface area contributed by atoms with Crippen molar-refractivity contribution in [1.82, 2.24) is 0 Å². The van der Waals surface area contributed by atoms with Crippen LogP contribution in [-0.4, -0.2) is 12.6 Å². The topological polar surface area (TPSA) is 108 Å². The molecule has 2 atom stereocenters. The van der Waals surface area contributed by atoms with Gasteiger partial charge in [0.05, 0.1) is 12.2 Å². The van der Waals surface area contributed by atoms with Crippen molar-refractivity contribution >= 4 is 5.78 Å². The molecule has 140 valence electrons. The normalized spacial score (nSPS) is 23.3. The fourth-order valence-electron chi connectivity index (χ4n) is 4.06. The standard InChI is InChI=1S/C21H16N2O5/c22-9-13-19(11-3-4-16-17(7-11)27-10-26-16)20-14(24)6-12(15-2-1-5-25-15)8-18(20)28-21(13)23/h1-5,7,12,19H,6,8,10,23H2/t12-,19-/m0/s1. The van der Waals surface area contributed by atoms with Gasteiger partial charge in [-0.3, -0.25) is 4.79 Å². The predicted octanol–water partition coefficient (Wildman–Crippen LogP) is 3.22. The number of carbonyl (C=O) groups excluding carboxylic acids is 1. The number of fused-ring (bicyclic) bond motifs is 1. The van der Waals surface area contributed by atoms with Crippen LogP contribution in [0.4, 0.5) is 0 Å². The van der Waals surface area contributed by atoms with E-state index in [2.05, 4.69) is 6.07 Å². The van der Waals surface area contributed by atoms with Gasteiger partial charge in [0.25, 0.3) is 0 Å². The van der Waals surface area contributed by atoms with Crippen LogP contribution in [0.1, 0.15) is 36.0 Å². The van der Waals surface area contributed by atoms with E-state index >= 15 is 0 Å². The average molecular weight is 376 g/mol. The number of nitrogens with zero attached hydrogens (tertiary/aromatic N) is 1. The molecule has 0 saturated heterocycles. The summed E-state index contributed by atoms with van der Waals surface area (Å²) in [5.41, 5.74) is 7.50. The summed E-state index contributed by atoms with van der Waals surface area (Å²) in [7, 11) is 0. The molecule has 3 aliphatic rings. The highest BCUT2D eigenvalue weighted by molar-refractivity contribution is 6.00. The van der Waals surface area contributed by atoms with Crippen LogP contribution in [0.25, 0.3) is 0 Å². The Labute approximate surface area is 160 Å². The summed E-state index contributed by atoms with van der Waals surface area (Å²) in [5.74, 6) is 1.69. The largest absolute Gasteiger partial charge is 0.469 e. The summed E-state index contributed by atoms with van der Waals surface area (Å²) < 4.78 is 22.0. The zero-order valence-corrected chi connectivity index (χ0v) is 14.8. The lowest BCUT2D eigenvalue weighted by molar-refractivity contribution is -0.117. The van der Waals surface area contributed by atoms with E-state index in [9.17, 15) is 10.1 Å². The molecule has 28 heavy (non-hydrogen) atoms. The van der Waals surface area contributed by atoms with Crippen molar-refractivity contribution in [2.24, 2.45) is 5.73 Å². The van der Waals surface area contributed by atoms with E-state index in [-0.39, 0.29) is 36.4 Å². The second kappa shape index (κ2) is 6.20. The number of hydrogen-bond acceptors (Lipinski definition) is 7. The molecule has 2 aliphatic heterocycles. The molecule has 0 spiro atoms. The van der Waals surface area contributed by atoms with Gasteiger partial charge < -0.3 is 24.4 Å². The molecular weight excluding hydrogens is 360 g/mol. The zero-order valence-electron chi connectivity index (χ0n) is 14.8. The fourth-order valence-corrected chi connectivity index (χ4v) is 4.06. The van der Waals surface area contributed by atoms with E-state index < -0.39 is 5.92 Å². The number of ketones is 1.